The van der Waals surface area contributed by atoms with Crippen molar-refractivity contribution in [3.63, 3.8) is 0 Å². The van der Waals surface area contributed by atoms with Crippen LogP contribution in [0.2, 0.25) is 0 Å². The standard InChI is InChI=1S/C26H25N2O3S.CH3.ClH.Ru/c1-20-14-16-24(17-15-20)32(29,30)28-26(22-11-6-3-7-12-22)25(21-9-4-2-5-10-21)27-19-23-13-8-18-31-23;;;/h2-18,25-27H,19H2,1H3;1H3;1H;/q2*-1;;+4/p-1/t25-,26?;;;/m1.../s1. The summed E-state index contributed by atoms with van der Waals surface area (Å²) in [6.07, 6.45) is 1.62. The second-order valence-electron chi connectivity index (χ2n) is 7.60. The monoisotopic (exact) mass is 597 g/mol. The molecular formula is C27H28ClN2O3RuS+. The molecule has 2 atom stereocenters. The van der Waals surface area contributed by atoms with Gasteiger partial charge in [-0.3, -0.25) is 0 Å². The molecule has 1 aromatic heterocycles. The summed E-state index contributed by atoms with van der Waals surface area (Å²) < 4.78 is 36.5. The number of nitrogens with one attached hydrogen (secondary N) is 1. The first-order chi connectivity index (χ1) is 16.5. The van der Waals surface area contributed by atoms with Gasteiger partial charge in [0.25, 0.3) is 0 Å². The second-order valence-corrected chi connectivity index (χ2v) is 9.23. The third-order valence-corrected chi connectivity index (χ3v) is 6.64. The molecule has 1 N–H and O–H groups in total. The Morgan fingerprint density at radius 3 is 1.97 bits per heavy atom. The topological polar surface area (TPSA) is 73.4 Å². The molecule has 0 spiro atoms. The first kappa shape index (κ1) is 29.0. The molecule has 35 heavy (non-hydrogen) atoms. The van der Waals surface area contributed by atoms with E-state index in [-0.39, 0.29) is 18.4 Å². The fourth-order valence-corrected chi connectivity index (χ4v) is 4.73. The molecule has 184 valence electrons. The SMILES string of the molecule is Cc1ccc(S(=O)(=O)[N-]C(c2ccccc2)[C@H](NCc2ccco2)c2ccccc2)cc1.[CH3-].[Cl][Ru+3]. The van der Waals surface area contributed by atoms with Gasteiger partial charge in [-0.05, 0) is 36.8 Å². The van der Waals surface area contributed by atoms with Crippen LogP contribution in [-0.2, 0) is 33.9 Å². The summed E-state index contributed by atoms with van der Waals surface area (Å²) in [5.41, 5.74) is 2.74. The van der Waals surface area contributed by atoms with E-state index in [1.807, 2.05) is 97.0 Å². The average molecular weight is 597 g/mol. The van der Waals surface area contributed by atoms with E-state index in [4.69, 9.17) is 4.42 Å². The zero-order chi connectivity index (χ0) is 24.4. The summed E-state index contributed by atoms with van der Waals surface area (Å²) in [7, 11) is 0.681. The number of rotatable bonds is 9. The van der Waals surface area contributed by atoms with Crippen molar-refractivity contribution >= 4 is 19.7 Å². The van der Waals surface area contributed by atoms with Crippen molar-refractivity contribution in [2.75, 3.05) is 0 Å². The van der Waals surface area contributed by atoms with Crippen LogP contribution in [0.5, 0.6) is 0 Å². The molecule has 0 saturated heterocycles. The van der Waals surface area contributed by atoms with Crippen molar-refractivity contribution in [2.45, 2.75) is 30.4 Å². The predicted molar refractivity (Wildman–Crippen MR) is 138 cm³/mol. The average Bonchev–Trinajstić information content (AvgIpc) is 3.40. The molecule has 0 amide bonds. The molecular weight excluding hydrogens is 569 g/mol. The summed E-state index contributed by atoms with van der Waals surface area (Å²) in [6.45, 7) is 2.36. The van der Waals surface area contributed by atoms with Gasteiger partial charge in [-0.1, -0.05) is 90.0 Å². The molecule has 0 aliphatic rings. The van der Waals surface area contributed by atoms with Gasteiger partial charge in [-0.2, -0.15) is 0 Å². The molecule has 8 heteroatoms. The van der Waals surface area contributed by atoms with Gasteiger partial charge in [0.15, 0.2) is 0 Å². The molecule has 1 unspecified atom stereocenters. The normalized spacial score (nSPS) is 12.5. The minimum atomic E-state index is -3.89. The van der Waals surface area contributed by atoms with Crippen LogP contribution in [0.1, 0.15) is 34.5 Å². The van der Waals surface area contributed by atoms with Crippen molar-refractivity contribution in [1.29, 1.82) is 0 Å². The molecule has 0 fully saturated rings. The van der Waals surface area contributed by atoms with Gasteiger partial charge >= 0.3 is 27.0 Å². The molecule has 0 radical (unpaired) electrons. The van der Waals surface area contributed by atoms with Crippen molar-refractivity contribution in [3.05, 3.63) is 138 Å². The first-order valence-corrected chi connectivity index (χ1v) is 14.2. The second kappa shape index (κ2) is 14.3. The summed E-state index contributed by atoms with van der Waals surface area (Å²) in [5.74, 6) is 0.763. The Balaban J connectivity index is 0.00000140. The number of aryl methyl sites for hydroxylation is 1. The van der Waals surface area contributed by atoms with Crippen LogP contribution < -0.4 is 5.32 Å². The van der Waals surface area contributed by atoms with E-state index < -0.39 is 16.1 Å². The molecule has 0 aliphatic carbocycles. The molecule has 0 saturated carbocycles. The minimum absolute atomic E-state index is 0. The Hall–Kier alpha value is -2.28. The number of furan rings is 1. The maximum atomic E-state index is 13.3. The van der Waals surface area contributed by atoms with E-state index in [0.717, 1.165) is 22.5 Å². The third kappa shape index (κ3) is 8.13. The quantitative estimate of drug-likeness (QED) is 0.166. The molecule has 5 nitrogen and oxygen atoms in total. The number of halogens is 1. The van der Waals surface area contributed by atoms with E-state index in [1.165, 1.54) is 0 Å². The number of nitrogens with zero attached hydrogens (tertiary/aromatic N) is 1. The van der Waals surface area contributed by atoms with Gasteiger partial charge in [0, 0.05) is 10.9 Å². The number of sulfonamides is 1. The van der Waals surface area contributed by atoms with Gasteiger partial charge in [-0.15, -0.1) is 0 Å². The Morgan fingerprint density at radius 1 is 0.857 bits per heavy atom. The van der Waals surface area contributed by atoms with Crippen LogP contribution in [0, 0.1) is 14.4 Å². The van der Waals surface area contributed by atoms with E-state index in [9.17, 15) is 8.42 Å². The van der Waals surface area contributed by atoms with Crippen LogP contribution >= 0.6 is 9.69 Å². The van der Waals surface area contributed by atoms with Crippen LogP contribution in [0.25, 0.3) is 4.72 Å². The maximum absolute atomic E-state index is 13.3. The van der Waals surface area contributed by atoms with Crippen molar-refractivity contribution < 1.29 is 30.1 Å². The Morgan fingerprint density at radius 2 is 1.43 bits per heavy atom. The van der Waals surface area contributed by atoms with Gasteiger partial charge < -0.3 is 21.9 Å². The number of hydrogen-bond acceptors (Lipinski definition) is 4. The van der Waals surface area contributed by atoms with Crippen molar-refractivity contribution in [3.8, 4) is 0 Å². The Kier molecular flexibility index (Phi) is 11.9. The number of hydrogen-bond donors (Lipinski definition) is 1. The van der Waals surface area contributed by atoms with E-state index in [0.29, 0.717) is 6.54 Å². The van der Waals surface area contributed by atoms with E-state index in [1.54, 1.807) is 30.5 Å². The summed E-state index contributed by atoms with van der Waals surface area (Å²) in [4.78, 5) is 0.182. The Bertz CT molecular complexity index is 1220. The fraction of sp³-hybridized carbons (Fsp3) is 0.148. The van der Waals surface area contributed by atoms with Gasteiger partial charge in [0.1, 0.15) is 15.8 Å². The van der Waals surface area contributed by atoms with Crippen LogP contribution in [-0.4, -0.2) is 8.42 Å². The van der Waals surface area contributed by atoms with Crippen LogP contribution in [0.4, 0.5) is 0 Å². The number of benzene rings is 3. The van der Waals surface area contributed by atoms with Crippen LogP contribution in [0.15, 0.2) is 113 Å². The fourth-order valence-electron chi connectivity index (χ4n) is 3.58. The molecule has 1 heterocycles. The zero-order valence-electron chi connectivity index (χ0n) is 19.5. The molecule has 4 rings (SSSR count). The zero-order valence-corrected chi connectivity index (χ0v) is 22.8. The molecule has 0 bridgehead atoms. The van der Waals surface area contributed by atoms with E-state index in [2.05, 4.69) is 19.7 Å². The summed E-state index contributed by atoms with van der Waals surface area (Å²) in [6, 6.07) is 28.7. The predicted octanol–water partition coefficient (Wildman–Crippen LogP) is 7.06. The van der Waals surface area contributed by atoms with Gasteiger partial charge in [0.05, 0.1) is 12.8 Å². The van der Waals surface area contributed by atoms with Crippen molar-refractivity contribution in [1.82, 2.24) is 5.32 Å². The molecule has 0 aliphatic heterocycles. The van der Waals surface area contributed by atoms with Gasteiger partial charge in [0.2, 0.25) is 0 Å². The van der Waals surface area contributed by atoms with Gasteiger partial charge in [-0.25, -0.2) is 8.42 Å². The van der Waals surface area contributed by atoms with Crippen LogP contribution in [0.3, 0.4) is 0 Å². The van der Waals surface area contributed by atoms with Crippen molar-refractivity contribution in [2.24, 2.45) is 0 Å². The first-order valence-electron chi connectivity index (χ1n) is 10.6. The molecule has 4 aromatic rings. The Labute approximate surface area is 222 Å². The summed E-state index contributed by atoms with van der Waals surface area (Å²) >= 11 is 1.82. The van der Waals surface area contributed by atoms with E-state index >= 15 is 0 Å². The summed E-state index contributed by atoms with van der Waals surface area (Å²) in [5, 5.41) is 3.47. The molecule has 3 aromatic carbocycles. The third-order valence-electron chi connectivity index (χ3n) is 5.26.